The number of amides is 1. The van der Waals surface area contributed by atoms with Crippen molar-refractivity contribution in [2.45, 2.75) is 13.0 Å². The molecule has 1 N–H and O–H groups in total. The van der Waals surface area contributed by atoms with Crippen molar-refractivity contribution in [3.05, 3.63) is 66.5 Å². The van der Waals surface area contributed by atoms with Gasteiger partial charge in [-0.15, -0.1) is 10.2 Å². The molecule has 1 aliphatic heterocycles. The first-order valence-corrected chi connectivity index (χ1v) is 10.6. The number of benzene rings is 2. The van der Waals surface area contributed by atoms with Crippen molar-refractivity contribution in [1.29, 1.82) is 0 Å². The van der Waals surface area contributed by atoms with E-state index in [1.165, 1.54) is 18.2 Å². The fourth-order valence-electron chi connectivity index (χ4n) is 3.45. The zero-order valence-corrected chi connectivity index (χ0v) is 18.2. The predicted octanol–water partition coefficient (Wildman–Crippen LogP) is 3.44. The number of ether oxygens (including phenoxy) is 1. The second-order valence-corrected chi connectivity index (χ2v) is 7.85. The van der Waals surface area contributed by atoms with Crippen LogP contribution in [0, 0.1) is 5.82 Å². The maximum atomic E-state index is 13.3. The molecule has 1 atom stereocenters. The van der Waals surface area contributed by atoms with Crippen LogP contribution < -0.4 is 15.0 Å². The van der Waals surface area contributed by atoms with Crippen LogP contribution in [-0.2, 0) is 4.79 Å². The van der Waals surface area contributed by atoms with E-state index in [0.717, 1.165) is 43.3 Å². The van der Waals surface area contributed by atoms with Gasteiger partial charge in [0, 0.05) is 43.5 Å². The molecular weight excluding hydrogens is 409 g/mol. The highest BCUT2D eigenvalue weighted by molar-refractivity contribution is 5.94. The molecule has 4 rings (SSSR count). The van der Waals surface area contributed by atoms with Crippen molar-refractivity contribution < 1.29 is 13.9 Å². The van der Waals surface area contributed by atoms with Gasteiger partial charge in [-0.25, -0.2) is 4.39 Å². The van der Waals surface area contributed by atoms with Crippen molar-refractivity contribution >= 4 is 17.4 Å². The molecule has 3 aromatic rings. The molecule has 2 aromatic carbocycles. The average Bonchev–Trinajstić information content (AvgIpc) is 2.80. The fraction of sp³-hybridized carbons (Fsp3) is 0.292. The van der Waals surface area contributed by atoms with E-state index in [4.69, 9.17) is 4.74 Å². The maximum Gasteiger partial charge on any atom is 0.265 e. The summed E-state index contributed by atoms with van der Waals surface area (Å²) >= 11 is 0. The second-order valence-electron chi connectivity index (χ2n) is 7.85. The lowest BCUT2D eigenvalue weighted by atomic mass is 10.1. The van der Waals surface area contributed by atoms with Crippen LogP contribution in [0.3, 0.4) is 0 Å². The summed E-state index contributed by atoms with van der Waals surface area (Å²) in [5, 5.41) is 11.6. The quantitative estimate of drug-likeness (QED) is 0.640. The molecule has 1 unspecified atom stereocenters. The minimum Gasteiger partial charge on any atom is -0.481 e. The minimum atomic E-state index is -0.774. The van der Waals surface area contributed by atoms with E-state index in [1.807, 2.05) is 24.3 Å². The van der Waals surface area contributed by atoms with Crippen LogP contribution in [0.1, 0.15) is 6.92 Å². The zero-order valence-electron chi connectivity index (χ0n) is 18.2. The van der Waals surface area contributed by atoms with Gasteiger partial charge in [-0.3, -0.25) is 4.79 Å². The van der Waals surface area contributed by atoms with Gasteiger partial charge in [-0.05, 0) is 50.4 Å². The molecule has 8 heteroatoms. The molecule has 166 valence electrons. The van der Waals surface area contributed by atoms with Crippen molar-refractivity contribution in [2.75, 3.05) is 43.4 Å². The molecule has 2 heterocycles. The number of hydrogen-bond acceptors (Lipinski definition) is 6. The van der Waals surface area contributed by atoms with Gasteiger partial charge in [0.25, 0.3) is 5.91 Å². The molecule has 0 saturated carbocycles. The number of anilines is 2. The molecule has 1 aliphatic rings. The van der Waals surface area contributed by atoms with E-state index >= 15 is 0 Å². The summed E-state index contributed by atoms with van der Waals surface area (Å²) in [6.07, 6.45) is -0.774. The number of rotatable bonds is 6. The fourth-order valence-corrected chi connectivity index (χ4v) is 3.45. The number of nitrogens with one attached hydrogen (secondary N) is 1. The van der Waals surface area contributed by atoms with Crippen LogP contribution in [0.2, 0.25) is 0 Å². The zero-order chi connectivity index (χ0) is 22.5. The van der Waals surface area contributed by atoms with Gasteiger partial charge in [0.1, 0.15) is 11.6 Å². The topological polar surface area (TPSA) is 70.6 Å². The molecule has 0 aliphatic carbocycles. The summed E-state index contributed by atoms with van der Waals surface area (Å²) < 4.78 is 18.8. The van der Waals surface area contributed by atoms with Gasteiger partial charge in [-0.1, -0.05) is 18.2 Å². The highest BCUT2D eigenvalue weighted by Gasteiger charge is 2.17. The molecule has 0 bridgehead atoms. The number of carbonyl (C=O) groups excluding carboxylic acids is 1. The Morgan fingerprint density at radius 1 is 1.03 bits per heavy atom. The van der Waals surface area contributed by atoms with Crippen molar-refractivity contribution in [3.63, 3.8) is 0 Å². The van der Waals surface area contributed by atoms with Gasteiger partial charge in [0.05, 0.1) is 5.69 Å². The summed E-state index contributed by atoms with van der Waals surface area (Å²) in [7, 11) is 2.12. The second kappa shape index (κ2) is 9.74. The monoisotopic (exact) mass is 435 g/mol. The van der Waals surface area contributed by atoms with Crippen LogP contribution in [-0.4, -0.2) is 60.3 Å². The minimum absolute atomic E-state index is 0.307. The molecule has 0 radical (unpaired) electrons. The summed E-state index contributed by atoms with van der Waals surface area (Å²) in [6, 6.07) is 17.0. The summed E-state index contributed by atoms with van der Waals surface area (Å²) in [5.41, 5.74) is 2.31. The molecule has 1 amide bonds. The Kier molecular flexibility index (Phi) is 6.61. The van der Waals surface area contributed by atoms with Crippen LogP contribution >= 0.6 is 0 Å². The summed E-state index contributed by atoms with van der Waals surface area (Å²) in [6.45, 7) is 5.54. The Morgan fingerprint density at radius 2 is 1.78 bits per heavy atom. The van der Waals surface area contributed by atoms with Gasteiger partial charge in [0.15, 0.2) is 11.9 Å². The van der Waals surface area contributed by atoms with E-state index in [2.05, 4.69) is 32.4 Å². The molecule has 0 spiro atoms. The average molecular weight is 436 g/mol. The summed E-state index contributed by atoms with van der Waals surface area (Å²) in [5.74, 6) is 0.461. The number of nitrogens with zero attached hydrogens (tertiary/aromatic N) is 4. The van der Waals surface area contributed by atoms with E-state index < -0.39 is 11.9 Å². The SMILES string of the molecule is CC(Oc1cccc(F)c1)C(=O)Nc1ccc(-c2ccc(N3CCN(C)CC3)nn2)cc1. The highest BCUT2D eigenvalue weighted by atomic mass is 19.1. The van der Waals surface area contributed by atoms with E-state index in [9.17, 15) is 9.18 Å². The largest absolute Gasteiger partial charge is 0.481 e. The van der Waals surface area contributed by atoms with Gasteiger partial charge in [-0.2, -0.15) is 0 Å². The van der Waals surface area contributed by atoms with Crippen molar-refractivity contribution in [2.24, 2.45) is 0 Å². The number of likely N-dealkylation sites (N-methyl/N-ethyl adjacent to an activating group) is 1. The maximum absolute atomic E-state index is 13.3. The standard InChI is InChI=1S/C24H26FN5O2/c1-17(32-21-5-3-4-19(25)16-21)24(31)26-20-8-6-18(7-9-20)22-10-11-23(28-27-22)30-14-12-29(2)13-15-30/h3-11,16-17H,12-15H2,1-2H3,(H,26,31). The number of aromatic nitrogens is 2. The Bertz CT molecular complexity index is 1050. The van der Waals surface area contributed by atoms with E-state index in [0.29, 0.717) is 11.4 Å². The van der Waals surface area contributed by atoms with E-state index in [1.54, 1.807) is 25.1 Å². The van der Waals surface area contributed by atoms with Gasteiger partial charge >= 0.3 is 0 Å². The molecular formula is C24H26FN5O2. The number of halogens is 1. The number of hydrogen-bond donors (Lipinski definition) is 1. The third-order valence-electron chi connectivity index (χ3n) is 5.40. The molecule has 7 nitrogen and oxygen atoms in total. The first-order valence-electron chi connectivity index (χ1n) is 10.6. The Labute approximate surface area is 186 Å². The Morgan fingerprint density at radius 3 is 2.44 bits per heavy atom. The van der Waals surface area contributed by atoms with Crippen molar-refractivity contribution in [1.82, 2.24) is 15.1 Å². The Balaban J connectivity index is 1.35. The normalized spacial score (nSPS) is 15.3. The predicted molar refractivity (Wildman–Crippen MR) is 122 cm³/mol. The number of carbonyl (C=O) groups is 1. The lowest BCUT2D eigenvalue weighted by Gasteiger charge is -2.32. The van der Waals surface area contributed by atoms with Gasteiger partial charge < -0.3 is 19.9 Å². The van der Waals surface area contributed by atoms with Crippen LogP contribution in [0.4, 0.5) is 15.9 Å². The third kappa shape index (κ3) is 5.39. The van der Waals surface area contributed by atoms with Crippen LogP contribution in [0.15, 0.2) is 60.7 Å². The highest BCUT2D eigenvalue weighted by Crippen LogP contribution is 2.22. The lowest BCUT2D eigenvalue weighted by Crippen LogP contribution is -2.44. The number of piperazine rings is 1. The third-order valence-corrected chi connectivity index (χ3v) is 5.40. The smallest absolute Gasteiger partial charge is 0.265 e. The van der Waals surface area contributed by atoms with Crippen molar-refractivity contribution in [3.8, 4) is 17.0 Å². The first kappa shape index (κ1) is 21.7. The molecule has 1 aromatic heterocycles. The lowest BCUT2D eigenvalue weighted by molar-refractivity contribution is -0.122. The molecule has 1 saturated heterocycles. The summed E-state index contributed by atoms with van der Waals surface area (Å²) in [4.78, 5) is 16.9. The molecule has 32 heavy (non-hydrogen) atoms. The van der Waals surface area contributed by atoms with Crippen LogP contribution in [0.25, 0.3) is 11.3 Å². The van der Waals surface area contributed by atoms with Crippen LogP contribution in [0.5, 0.6) is 5.75 Å². The molecule has 1 fully saturated rings. The first-order chi connectivity index (χ1) is 15.5. The van der Waals surface area contributed by atoms with E-state index in [-0.39, 0.29) is 5.91 Å². The van der Waals surface area contributed by atoms with Gasteiger partial charge in [0.2, 0.25) is 0 Å². The Hall–Kier alpha value is -3.52.